The van der Waals surface area contributed by atoms with Crippen molar-refractivity contribution in [3.63, 3.8) is 0 Å². The number of amides is 1. The molecule has 2 aromatic rings. The van der Waals surface area contributed by atoms with Gasteiger partial charge in [-0.15, -0.1) is 0 Å². The summed E-state index contributed by atoms with van der Waals surface area (Å²) < 4.78 is 10.6. The van der Waals surface area contributed by atoms with Gasteiger partial charge in [-0.3, -0.25) is 4.79 Å². The SMILES string of the molecule is CC(C)c1cc(C(=O)N2CCC[C@H]2c2cc(C(C)C)on2)on1. The molecule has 6 heteroatoms. The van der Waals surface area contributed by atoms with Gasteiger partial charge in [0, 0.05) is 24.6 Å². The van der Waals surface area contributed by atoms with Crippen molar-refractivity contribution in [2.24, 2.45) is 0 Å². The molecular formula is C17H23N3O3. The van der Waals surface area contributed by atoms with Gasteiger partial charge in [0.05, 0.1) is 11.7 Å². The van der Waals surface area contributed by atoms with Crippen LogP contribution in [-0.4, -0.2) is 27.7 Å². The summed E-state index contributed by atoms with van der Waals surface area (Å²) in [5.41, 5.74) is 1.62. The number of likely N-dealkylation sites (tertiary alicyclic amines) is 1. The second-order valence-electron chi connectivity index (χ2n) is 6.74. The van der Waals surface area contributed by atoms with Crippen molar-refractivity contribution in [2.45, 2.75) is 58.4 Å². The first-order chi connectivity index (χ1) is 11.0. The number of aromatic nitrogens is 2. The zero-order valence-electron chi connectivity index (χ0n) is 14.1. The van der Waals surface area contributed by atoms with E-state index >= 15 is 0 Å². The minimum atomic E-state index is -0.124. The molecule has 0 aliphatic carbocycles. The Balaban J connectivity index is 1.81. The number of carbonyl (C=O) groups is 1. The standard InChI is InChI=1S/C17H23N3O3/c1-10(2)12-8-16(23-18-12)17(21)20-7-5-6-14(20)13-9-15(11(3)4)22-19-13/h8-11,14H,5-7H2,1-4H3/t14-/m0/s1. The summed E-state index contributed by atoms with van der Waals surface area (Å²) >= 11 is 0. The van der Waals surface area contributed by atoms with Crippen molar-refractivity contribution >= 4 is 5.91 Å². The largest absolute Gasteiger partial charge is 0.361 e. The predicted octanol–water partition coefficient (Wildman–Crippen LogP) is 3.89. The zero-order valence-corrected chi connectivity index (χ0v) is 14.1. The van der Waals surface area contributed by atoms with Crippen molar-refractivity contribution in [3.8, 4) is 0 Å². The van der Waals surface area contributed by atoms with Crippen molar-refractivity contribution in [3.05, 3.63) is 35.0 Å². The fourth-order valence-corrected chi connectivity index (χ4v) is 2.85. The summed E-state index contributed by atoms with van der Waals surface area (Å²) in [5.74, 6) is 1.54. The average molecular weight is 317 g/mol. The fourth-order valence-electron chi connectivity index (χ4n) is 2.85. The van der Waals surface area contributed by atoms with Crippen LogP contribution in [0.2, 0.25) is 0 Å². The van der Waals surface area contributed by atoms with Crippen LogP contribution in [0.4, 0.5) is 0 Å². The number of rotatable bonds is 4. The molecule has 0 aromatic carbocycles. The smallest absolute Gasteiger partial charge is 0.293 e. The molecule has 1 saturated heterocycles. The minimum absolute atomic E-state index is 0.0497. The van der Waals surface area contributed by atoms with Gasteiger partial charge in [-0.05, 0) is 18.8 Å². The minimum Gasteiger partial charge on any atom is -0.361 e. The number of nitrogens with zero attached hydrogens (tertiary/aromatic N) is 3. The summed E-state index contributed by atoms with van der Waals surface area (Å²) in [4.78, 5) is 14.6. The molecule has 0 saturated carbocycles. The van der Waals surface area contributed by atoms with Crippen LogP contribution in [0.5, 0.6) is 0 Å². The molecule has 0 unspecified atom stereocenters. The Labute approximate surface area is 135 Å². The van der Waals surface area contributed by atoms with Crippen LogP contribution in [0, 0.1) is 0 Å². The van der Waals surface area contributed by atoms with Crippen LogP contribution in [-0.2, 0) is 0 Å². The monoisotopic (exact) mass is 317 g/mol. The van der Waals surface area contributed by atoms with Gasteiger partial charge in [0.15, 0.2) is 0 Å². The van der Waals surface area contributed by atoms with Crippen LogP contribution in [0.25, 0.3) is 0 Å². The first-order valence-corrected chi connectivity index (χ1v) is 8.21. The van der Waals surface area contributed by atoms with E-state index in [0.717, 1.165) is 30.0 Å². The summed E-state index contributed by atoms with van der Waals surface area (Å²) in [6.45, 7) is 8.86. The van der Waals surface area contributed by atoms with Crippen molar-refractivity contribution in [2.75, 3.05) is 6.54 Å². The lowest BCUT2D eigenvalue weighted by molar-refractivity contribution is 0.0688. The van der Waals surface area contributed by atoms with E-state index in [1.807, 2.05) is 24.8 Å². The lowest BCUT2D eigenvalue weighted by Gasteiger charge is -2.21. The summed E-state index contributed by atoms with van der Waals surface area (Å²) in [6, 6.07) is 3.65. The number of hydrogen-bond donors (Lipinski definition) is 0. The molecule has 23 heavy (non-hydrogen) atoms. The molecular weight excluding hydrogens is 294 g/mol. The fraction of sp³-hybridized carbons (Fsp3) is 0.588. The van der Waals surface area contributed by atoms with E-state index in [1.54, 1.807) is 6.07 Å². The Hall–Kier alpha value is -2.11. The maximum atomic E-state index is 12.7. The summed E-state index contributed by atoms with van der Waals surface area (Å²) in [7, 11) is 0. The van der Waals surface area contributed by atoms with Gasteiger partial charge >= 0.3 is 0 Å². The summed E-state index contributed by atoms with van der Waals surface area (Å²) in [6.07, 6.45) is 1.84. The van der Waals surface area contributed by atoms with Crippen LogP contribution in [0.15, 0.2) is 21.2 Å². The van der Waals surface area contributed by atoms with Crippen molar-refractivity contribution in [1.29, 1.82) is 0 Å². The van der Waals surface area contributed by atoms with Crippen molar-refractivity contribution in [1.82, 2.24) is 15.2 Å². The van der Waals surface area contributed by atoms with Gasteiger partial charge in [-0.1, -0.05) is 38.0 Å². The highest BCUT2D eigenvalue weighted by Crippen LogP contribution is 2.34. The van der Waals surface area contributed by atoms with E-state index < -0.39 is 0 Å². The molecule has 1 atom stereocenters. The lowest BCUT2D eigenvalue weighted by Crippen LogP contribution is -2.30. The normalized spacial score (nSPS) is 18.3. The molecule has 6 nitrogen and oxygen atoms in total. The second kappa shape index (κ2) is 6.18. The van der Waals surface area contributed by atoms with Crippen LogP contribution in [0.3, 0.4) is 0 Å². The molecule has 2 aromatic heterocycles. The average Bonchev–Trinajstić information content (AvgIpc) is 3.24. The van der Waals surface area contributed by atoms with Gasteiger partial charge in [-0.2, -0.15) is 0 Å². The maximum absolute atomic E-state index is 12.7. The molecule has 1 aliphatic rings. The molecule has 0 N–H and O–H groups in total. The maximum Gasteiger partial charge on any atom is 0.293 e. The second-order valence-corrected chi connectivity index (χ2v) is 6.74. The van der Waals surface area contributed by atoms with Gasteiger partial charge in [0.1, 0.15) is 11.5 Å². The molecule has 0 spiro atoms. The van der Waals surface area contributed by atoms with Gasteiger partial charge in [0.25, 0.3) is 5.91 Å². The van der Waals surface area contributed by atoms with Crippen LogP contribution in [0.1, 0.15) is 86.1 Å². The third-order valence-electron chi connectivity index (χ3n) is 4.30. The van der Waals surface area contributed by atoms with E-state index in [4.69, 9.17) is 9.05 Å². The van der Waals surface area contributed by atoms with E-state index in [9.17, 15) is 4.79 Å². The molecule has 1 fully saturated rings. The lowest BCUT2D eigenvalue weighted by atomic mass is 10.1. The highest BCUT2D eigenvalue weighted by atomic mass is 16.5. The molecule has 0 bridgehead atoms. The quantitative estimate of drug-likeness (QED) is 0.855. The highest BCUT2D eigenvalue weighted by molar-refractivity contribution is 5.92. The Morgan fingerprint density at radius 1 is 1.17 bits per heavy atom. The van der Waals surface area contributed by atoms with Crippen LogP contribution >= 0.6 is 0 Å². The number of carbonyl (C=O) groups excluding carboxylic acids is 1. The molecule has 1 aliphatic heterocycles. The Morgan fingerprint density at radius 2 is 1.96 bits per heavy atom. The van der Waals surface area contributed by atoms with Gasteiger partial charge in [0.2, 0.25) is 5.76 Å². The topological polar surface area (TPSA) is 72.4 Å². The van der Waals surface area contributed by atoms with Crippen molar-refractivity contribution < 1.29 is 13.8 Å². The Bertz CT molecular complexity index is 687. The van der Waals surface area contributed by atoms with Gasteiger partial charge < -0.3 is 13.9 Å². The van der Waals surface area contributed by atoms with E-state index in [2.05, 4.69) is 24.2 Å². The molecule has 124 valence electrons. The summed E-state index contributed by atoms with van der Waals surface area (Å²) in [5, 5.41) is 8.14. The zero-order chi connectivity index (χ0) is 16.6. The molecule has 3 heterocycles. The third kappa shape index (κ3) is 3.02. The first kappa shape index (κ1) is 15.8. The van der Waals surface area contributed by atoms with Crippen LogP contribution < -0.4 is 0 Å². The Morgan fingerprint density at radius 3 is 2.57 bits per heavy atom. The predicted molar refractivity (Wildman–Crippen MR) is 84.2 cm³/mol. The van der Waals surface area contributed by atoms with E-state index in [1.165, 1.54) is 0 Å². The Kier molecular flexibility index (Phi) is 4.24. The molecule has 3 rings (SSSR count). The number of hydrogen-bond acceptors (Lipinski definition) is 5. The molecule has 0 radical (unpaired) electrons. The van der Waals surface area contributed by atoms with E-state index in [-0.39, 0.29) is 23.8 Å². The first-order valence-electron chi connectivity index (χ1n) is 8.21. The third-order valence-corrected chi connectivity index (χ3v) is 4.30. The highest BCUT2D eigenvalue weighted by Gasteiger charge is 2.34. The molecule has 1 amide bonds. The van der Waals surface area contributed by atoms with E-state index in [0.29, 0.717) is 12.3 Å². The van der Waals surface area contributed by atoms with Gasteiger partial charge in [-0.25, -0.2) is 0 Å².